The molecule has 2 aromatic heterocycles. The summed E-state index contributed by atoms with van der Waals surface area (Å²) in [5.74, 6) is 0.168. The fraction of sp³-hybridized carbons (Fsp3) is 0.391. The smallest absolute Gasteiger partial charge is 0.256 e. The Labute approximate surface area is 176 Å². The van der Waals surface area contributed by atoms with Crippen LogP contribution in [0.5, 0.6) is 0 Å². The number of rotatable bonds is 7. The van der Waals surface area contributed by atoms with E-state index in [4.69, 9.17) is 0 Å². The third-order valence-corrected chi connectivity index (χ3v) is 5.76. The summed E-state index contributed by atoms with van der Waals surface area (Å²) in [5.41, 5.74) is 1.18. The first-order valence-corrected chi connectivity index (χ1v) is 10.6. The number of likely N-dealkylation sites (tertiary alicyclic amines) is 1. The zero-order valence-corrected chi connectivity index (χ0v) is 17.3. The molecule has 3 heterocycles. The summed E-state index contributed by atoms with van der Waals surface area (Å²) in [6.45, 7) is 5.05. The summed E-state index contributed by atoms with van der Waals surface area (Å²) in [5, 5.41) is 7.45. The summed E-state index contributed by atoms with van der Waals surface area (Å²) in [4.78, 5) is 15.4. The van der Waals surface area contributed by atoms with Crippen LogP contribution < -0.4 is 5.32 Å². The van der Waals surface area contributed by atoms with E-state index in [2.05, 4.69) is 22.2 Å². The molecular weight excluding hydrogens is 381 g/mol. The van der Waals surface area contributed by atoms with E-state index in [0.717, 1.165) is 19.5 Å². The van der Waals surface area contributed by atoms with Gasteiger partial charge in [-0.3, -0.25) is 4.79 Å². The maximum Gasteiger partial charge on any atom is 0.256 e. The molecule has 1 aliphatic rings. The molecule has 1 N–H and O–H groups in total. The van der Waals surface area contributed by atoms with Crippen LogP contribution in [0.4, 0.5) is 4.39 Å². The molecule has 158 valence electrons. The van der Waals surface area contributed by atoms with E-state index >= 15 is 0 Å². The number of hydrogen-bond acceptors (Lipinski definition) is 3. The van der Waals surface area contributed by atoms with Crippen LogP contribution in [0.2, 0.25) is 0 Å². The second kappa shape index (κ2) is 9.26. The van der Waals surface area contributed by atoms with E-state index in [1.54, 1.807) is 23.0 Å². The monoisotopic (exact) mass is 409 g/mol. The number of nitrogens with one attached hydrogen (secondary N) is 1. The van der Waals surface area contributed by atoms with Crippen molar-refractivity contribution in [2.75, 3.05) is 19.6 Å². The third kappa shape index (κ3) is 4.46. The number of aromatic nitrogens is 3. The highest BCUT2D eigenvalue weighted by Crippen LogP contribution is 2.20. The van der Waals surface area contributed by atoms with Crippen LogP contribution in [-0.2, 0) is 0 Å². The van der Waals surface area contributed by atoms with Crippen LogP contribution in [0.15, 0.2) is 55.0 Å². The first kappa shape index (κ1) is 20.3. The van der Waals surface area contributed by atoms with Crippen molar-refractivity contribution in [1.82, 2.24) is 24.6 Å². The number of hydrogen-bond donors (Lipinski definition) is 1. The Bertz CT molecular complexity index is 964. The second-order valence-electron chi connectivity index (χ2n) is 7.85. The average Bonchev–Trinajstić information content (AvgIpc) is 3.42. The molecule has 0 radical (unpaired) electrons. The van der Waals surface area contributed by atoms with E-state index in [0.29, 0.717) is 29.7 Å². The molecule has 1 aromatic carbocycles. The molecule has 0 saturated carbocycles. The maximum absolute atomic E-state index is 13.3. The van der Waals surface area contributed by atoms with E-state index in [1.165, 1.54) is 31.4 Å². The minimum atomic E-state index is -0.311. The molecule has 7 heteroatoms. The van der Waals surface area contributed by atoms with E-state index < -0.39 is 0 Å². The van der Waals surface area contributed by atoms with Crippen LogP contribution in [0, 0.1) is 5.82 Å². The van der Waals surface area contributed by atoms with Crippen molar-refractivity contribution in [2.24, 2.45) is 0 Å². The van der Waals surface area contributed by atoms with Gasteiger partial charge in [-0.15, -0.1) is 0 Å². The number of carbonyl (C=O) groups is 1. The number of piperidine rings is 1. The van der Waals surface area contributed by atoms with Gasteiger partial charge in [-0.2, -0.15) is 5.10 Å². The lowest BCUT2D eigenvalue weighted by Crippen LogP contribution is -2.39. The van der Waals surface area contributed by atoms with Crippen molar-refractivity contribution in [3.05, 3.63) is 66.4 Å². The predicted molar refractivity (Wildman–Crippen MR) is 115 cm³/mol. The molecule has 30 heavy (non-hydrogen) atoms. The van der Waals surface area contributed by atoms with Crippen LogP contribution >= 0.6 is 0 Å². The van der Waals surface area contributed by atoms with Gasteiger partial charge >= 0.3 is 0 Å². The second-order valence-corrected chi connectivity index (χ2v) is 7.85. The zero-order valence-electron chi connectivity index (χ0n) is 17.3. The van der Waals surface area contributed by atoms with Gasteiger partial charge in [0, 0.05) is 31.5 Å². The zero-order chi connectivity index (χ0) is 20.9. The van der Waals surface area contributed by atoms with Gasteiger partial charge in [-0.05, 0) is 69.1 Å². The van der Waals surface area contributed by atoms with Gasteiger partial charge in [0.2, 0.25) is 0 Å². The highest BCUT2D eigenvalue weighted by atomic mass is 19.1. The van der Waals surface area contributed by atoms with Gasteiger partial charge in [-0.25, -0.2) is 9.07 Å². The average molecular weight is 410 g/mol. The normalized spacial score (nSPS) is 17.2. The van der Waals surface area contributed by atoms with Crippen molar-refractivity contribution in [1.29, 1.82) is 0 Å². The molecule has 1 fully saturated rings. The Kier molecular flexibility index (Phi) is 6.28. The fourth-order valence-corrected chi connectivity index (χ4v) is 4.07. The first-order valence-electron chi connectivity index (χ1n) is 10.6. The Balaban J connectivity index is 1.46. The molecule has 0 bridgehead atoms. The standard InChI is InChI=1S/C23H28FN5O/c1-18-7-2-3-13-27(18)16-6-12-25-22(30)21-17-26-29(20-10-8-19(24)9-11-20)23(21)28-14-4-5-15-28/h4-5,8-11,14-15,17-18H,2-3,6-7,12-13,16H2,1H3,(H,25,30)/t18-/m1/s1. The lowest BCUT2D eigenvalue weighted by molar-refractivity contribution is 0.0949. The lowest BCUT2D eigenvalue weighted by Gasteiger charge is -2.33. The SMILES string of the molecule is C[C@@H]1CCCCN1CCCNC(=O)c1cnn(-c2ccc(F)cc2)c1-n1cccc1. The molecule has 1 amide bonds. The molecule has 4 rings (SSSR count). The molecule has 0 aliphatic carbocycles. The molecule has 6 nitrogen and oxygen atoms in total. The minimum absolute atomic E-state index is 0.154. The predicted octanol–water partition coefficient (Wildman–Crippen LogP) is 3.80. The summed E-state index contributed by atoms with van der Waals surface area (Å²) >= 11 is 0. The topological polar surface area (TPSA) is 55.1 Å². The van der Waals surface area contributed by atoms with Crippen molar-refractivity contribution < 1.29 is 9.18 Å². The van der Waals surface area contributed by atoms with Crippen molar-refractivity contribution in [3.63, 3.8) is 0 Å². The van der Waals surface area contributed by atoms with Crippen molar-refractivity contribution >= 4 is 5.91 Å². The van der Waals surface area contributed by atoms with Gasteiger partial charge in [0.1, 0.15) is 11.4 Å². The van der Waals surface area contributed by atoms with Gasteiger partial charge in [-0.1, -0.05) is 6.42 Å². The summed E-state index contributed by atoms with van der Waals surface area (Å²) in [7, 11) is 0. The molecule has 0 unspecified atom stereocenters. The van der Waals surface area contributed by atoms with E-state index in [-0.39, 0.29) is 11.7 Å². The van der Waals surface area contributed by atoms with E-state index in [1.807, 2.05) is 29.1 Å². The number of halogens is 1. The number of nitrogens with zero attached hydrogens (tertiary/aromatic N) is 4. The van der Waals surface area contributed by atoms with Crippen LogP contribution in [0.3, 0.4) is 0 Å². The molecule has 1 aliphatic heterocycles. The minimum Gasteiger partial charge on any atom is -0.352 e. The Morgan fingerprint density at radius 3 is 2.70 bits per heavy atom. The van der Waals surface area contributed by atoms with Crippen LogP contribution in [0.25, 0.3) is 11.5 Å². The highest BCUT2D eigenvalue weighted by molar-refractivity contribution is 5.97. The number of carbonyl (C=O) groups excluding carboxylic acids is 1. The quantitative estimate of drug-likeness (QED) is 0.604. The fourth-order valence-electron chi connectivity index (χ4n) is 4.07. The van der Waals surface area contributed by atoms with E-state index in [9.17, 15) is 9.18 Å². The van der Waals surface area contributed by atoms with Gasteiger partial charge in [0.05, 0.1) is 11.9 Å². The summed E-state index contributed by atoms with van der Waals surface area (Å²) in [6.07, 6.45) is 10.1. The molecule has 3 aromatic rings. The lowest BCUT2D eigenvalue weighted by atomic mass is 10.0. The Hall–Kier alpha value is -2.93. The highest BCUT2D eigenvalue weighted by Gasteiger charge is 2.20. The number of amides is 1. The Morgan fingerprint density at radius 2 is 1.97 bits per heavy atom. The molecule has 1 atom stereocenters. The Morgan fingerprint density at radius 1 is 1.20 bits per heavy atom. The first-order chi connectivity index (χ1) is 14.6. The van der Waals surface area contributed by atoms with Crippen molar-refractivity contribution in [2.45, 2.75) is 38.6 Å². The third-order valence-electron chi connectivity index (χ3n) is 5.76. The van der Waals surface area contributed by atoms with Gasteiger partial charge < -0.3 is 14.8 Å². The molecular formula is C23H28FN5O. The molecule has 0 spiro atoms. The summed E-state index contributed by atoms with van der Waals surface area (Å²) in [6, 6.07) is 10.5. The largest absolute Gasteiger partial charge is 0.352 e. The van der Waals surface area contributed by atoms with Crippen LogP contribution in [-0.4, -0.2) is 50.8 Å². The van der Waals surface area contributed by atoms with Gasteiger partial charge in [0.15, 0.2) is 5.82 Å². The maximum atomic E-state index is 13.3. The van der Waals surface area contributed by atoms with Crippen molar-refractivity contribution in [3.8, 4) is 11.5 Å². The molecule has 1 saturated heterocycles. The number of benzene rings is 1. The van der Waals surface area contributed by atoms with Crippen LogP contribution in [0.1, 0.15) is 43.0 Å². The summed E-state index contributed by atoms with van der Waals surface area (Å²) < 4.78 is 16.8. The van der Waals surface area contributed by atoms with Gasteiger partial charge in [0.25, 0.3) is 5.91 Å².